The van der Waals surface area contributed by atoms with Gasteiger partial charge in [-0.1, -0.05) is 11.6 Å². The van der Waals surface area contributed by atoms with E-state index in [1.54, 1.807) is 0 Å². The Bertz CT molecular complexity index is 562. The van der Waals surface area contributed by atoms with E-state index < -0.39 is 22.9 Å². The highest BCUT2D eigenvalue weighted by Gasteiger charge is 2.33. The molecule has 1 aromatic heterocycles. The number of H-pyrrole nitrogens is 1. The van der Waals surface area contributed by atoms with E-state index in [9.17, 15) is 18.3 Å². The summed E-state index contributed by atoms with van der Waals surface area (Å²) in [5.41, 5.74) is -0.441. The number of nitrogens with one attached hydrogen (secondary N) is 1. The molecule has 1 heterocycles. The third kappa shape index (κ3) is 2.23. The van der Waals surface area contributed by atoms with Crippen molar-refractivity contribution in [2.75, 3.05) is 0 Å². The van der Waals surface area contributed by atoms with Crippen LogP contribution in [-0.4, -0.2) is 15.1 Å². The maximum absolute atomic E-state index is 12.6. The normalized spacial score (nSPS) is 14.2. The molecule has 1 atom stereocenters. The zero-order valence-electron chi connectivity index (χ0n) is 8.64. The molecule has 0 saturated carbocycles. The molecule has 92 valence electrons. The second-order valence-corrected chi connectivity index (χ2v) is 4.05. The van der Waals surface area contributed by atoms with Crippen LogP contribution in [0.25, 0.3) is 11.0 Å². The quantitative estimate of drug-likeness (QED) is 0.830. The first-order chi connectivity index (χ1) is 7.79. The van der Waals surface area contributed by atoms with Gasteiger partial charge in [0.25, 0.3) is 0 Å². The van der Waals surface area contributed by atoms with E-state index in [0.29, 0.717) is 5.52 Å². The Labute approximate surface area is 99.2 Å². The van der Waals surface area contributed by atoms with Crippen LogP contribution in [0, 0.1) is 0 Å². The molecule has 2 aromatic rings. The van der Waals surface area contributed by atoms with E-state index in [1.807, 2.05) is 0 Å². The number of fused-ring (bicyclic) bond motifs is 1. The molecular weight excluding hydrogens is 257 g/mol. The van der Waals surface area contributed by atoms with Crippen molar-refractivity contribution >= 4 is 22.6 Å². The summed E-state index contributed by atoms with van der Waals surface area (Å²) in [6.07, 6.45) is -5.39. The molecule has 0 aliphatic carbocycles. The number of aromatic nitrogens is 2. The van der Waals surface area contributed by atoms with Gasteiger partial charge in [-0.15, -0.1) is 0 Å². The first kappa shape index (κ1) is 12.2. The van der Waals surface area contributed by atoms with Crippen LogP contribution in [-0.2, 0) is 6.18 Å². The Balaban J connectivity index is 2.64. The molecule has 7 heteroatoms. The Morgan fingerprint density at radius 3 is 2.59 bits per heavy atom. The molecule has 3 nitrogen and oxygen atoms in total. The van der Waals surface area contributed by atoms with Gasteiger partial charge < -0.3 is 10.1 Å². The molecule has 0 radical (unpaired) electrons. The summed E-state index contributed by atoms with van der Waals surface area (Å²) in [6.45, 7) is 1.46. The van der Waals surface area contributed by atoms with Crippen molar-refractivity contribution in [1.82, 2.24) is 9.97 Å². The zero-order valence-corrected chi connectivity index (χ0v) is 9.39. The van der Waals surface area contributed by atoms with Crippen LogP contribution in [0.2, 0.25) is 5.02 Å². The van der Waals surface area contributed by atoms with Gasteiger partial charge in [0.1, 0.15) is 11.9 Å². The predicted molar refractivity (Wildman–Crippen MR) is 56.7 cm³/mol. The summed E-state index contributed by atoms with van der Waals surface area (Å²) < 4.78 is 37.7. The number of benzene rings is 1. The van der Waals surface area contributed by atoms with E-state index in [2.05, 4.69) is 9.97 Å². The number of aromatic amines is 1. The Morgan fingerprint density at radius 1 is 1.41 bits per heavy atom. The SMILES string of the molecule is CC(O)c1nc2cc(Cl)c(C(F)(F)F)cc2[nH]1. The molecule has 0 bridgehead atoms. The summed E-state index contributed by atoms with van der Waals surface area (Å²) in [7, 11) is 0. The van der Waals surface area contributed by atoms with Crippen molar-refractivity contribution in [3.05, 3.63) is 28.5 Å². The van der Waals surface area contributed by atoms with E-state index >= 15 is 0 Å². The number of halogens is 4. The van der Waals surface area contributed by atoms with Gasteiger partial charge in [-0.2, -0.15) is 13.2 Å². The molecule has 0 saturated heterocycles. The first-order valence-electron chi connectivity index (χ1n) is 4.73. The number of hydrogen-bond donors (Lipinski definition) is 2. The molecule has 0 aliphatic rings. The van der Waals surface area contributed by atoms with Gasteiger partial charge in [0.15, 0.2) is 0 Å². The average Bonchev–Trinajstić information content (AvgIpc) is 2.57. The summed E-state index contributed by atoms with van der Waals surface area (Å²) in [5, 5.41) is 8.87. The fraction of sp³-hybridized carbons (Fsp3) is 0.300. The summed E-state index contributed by atoms with van der Waals surface area (Å²) in [4.78, 5) is 6.55. The highest BCUT2D eigenvalue weighted by molar-refractivity contribution is 6.32. The minimum Gasteiger partial charge on any atom is -0.385 e. The van der Waals surface area contributed by atoms with Crippen molar-refractivity contribution in [2.45, 2.75) is 19.2 Å². The van der Waals surface area contributed by atoms with Crippen molar-refractivity contribution < 1.29 is 18.3 Å². The van der Waals surface area contributed by atoms with Gasteiger partial charge >= 0.3 is 6.18 Å². The van der Waals surface area contributed by atoms with Crippen molar-refractivity contribution in [3.8, 4) is 0 Å². The second kappa shape index (κ2) is 3.89. The fourth-order valence-corrected chi connectivity index (χ4v) is 1.73. The van der Waals surface area contributed by atoms with Crippen LogP contribution in [0.15, 0.2) is 12.1 Å². The Hall–Kier alpha value is -1.27. The minimum atomic E-state index is -4.51. The molecule has 0 amide bonds. The van der Waals surface area contributed by atoms with E-state index in [1.165, 1.54) is 6.92 Å². The monoisotopic (exact) mass is 264 g/mol. The molecule has 0 spiro atoms. The minimum absolute atomic E-state index is 0.192. The smallest absolute Gasteiger partial charge is 0.385 e. The summed E-state index contributed by atoms with van der Waals surface area (Å²) >= 11 is 5.54. The molecule has 17 heavy (non-hydrogen) atoms. The lowest BCUT2D eigenvalue weighted by atomic mass is 10.2. The number of rotatable bonds is 1. The predicted octanol–water partition coefficient (Wildman–Crippen LogP) is 3.29. The molecule has 1 unspecified atom stereocenters. The lowest BCUT2D eigenvalue weighted by molar-refractivity contribution is -0.137. The molecule has 2 rings (SSSR count). The van der Waals surface area contributed by atoms with Gasteiger partial charge in [-0.05, 0) is 19.1 Å². The topological polar surface area (TPSA) is 48.9 Å². The zero-order chi connectivity index (χ0) is 12.8. The maximum Gasteiger partial charge on any atom is 0.417 e. The number of aliphatic hydroxyl groups is 1. The van der Waals surface area contributed by atoms with Crippen LogP contribution in [0.4, 0.5) is 13.2 Å². The number of hydrogen-bond acceptors (Lipinski definition) is 2. The van der Waals surface area contributed by atoms with Gasteiger partial charge in [-0.25, -0.2) is 4.98 Å². The average molecular weight is 265 g/mol. The van der Waals surface area contributed by atoms with Gasteiger partial charge in [0.2, 0.25) is 0 Å². The summed E-state index contributed by atoms with van der Waals surface area (Å²) in [6, 6.07) is 2.01. The Morgan fingerprint density at radius 2 is 2.06 bits per heavy atom. The van der Waals surface area contributed by atoms with Gasteiger partial charge in [0.05, 0.1) is 21.6 Å². The van der Waals surface area contributed by atoms with Crippen LogP contribution < -0.4 is 0 Å². The number of aliphatic hydroxyl groups excluding tert-OH is 1. The molecule has 1 aromatic carbocycles. The molecule has 0 aliphatic heterocycles. The molecular formula is C10H8ClF3N2O. The first-order valence-corrected chi connectivity index (χ1v) is 5.11. The van der Waals surface area contributed by atoms with E-state index in [-0.39, 0.29) is 11.3 Å². The molecule has 0 fully saturated rings. The molecule has 2 N–H and O–H groups in total. The van der Waals surface area contributed by atoms with Gasteiger partial charge in [-0.3, -0.25) is 0 Å². The lowest BCUT2D eigenvalue weighted by Crippen LogP contribution is -2.05. The van der Waals surface area contributed by atoms with Crippen LogP contribution in [0.1, 0.15) is 24.4 Å². The maximum atomic E-state index is 12.6. The Kier molecular flexibility index (Phi) is 2.79. The van der Waals surface area contributed by atoms with Crippen LogP contribution in [0.3, 0.4) is 0 Å². The number of nitrogens with zero attached hydrogens (tertiary/aromatic N) is 1. The van der Waals surface area contributed by atoms with E-state index in [0.717, 1.165) is 12.1 Å². The van der Waals surface area contributed by atoms with Crippen molar-refractivity contribution in [3.63, 3.8) is 0 Å². The van der Waals surface area contributed by atoms with E-state index in [4.69, 9.17) is 11.6 Å². The highest BCUT2D eigenvalue weighted by Crippen LogP contribution is 2.36. The van der Waals surface area contributed by atoms with Crippen molar-refractivity contribution in [1.29, 1.82) is 0 Å². The summed E-state index contributed by atoms with van der Waals surface area (Å²) in [5.74, 6) is 0.204. The largest absolute Gasteiger partial charge is 0.417 e. The van der Waals surface area contributed by atoms with Crippen LogP contribution >= 0.6 is 11.6 Å². The fourth-order valence-electron chi connectivity index (χ4n) is 1.47. The van der Waals surface area contributed by atoms with Gasteiger partial charge in [0, 0.05) is 0 Å². The number of alkyl halides is 3. The van der Waals surface area contributed by atoms with Crippen LogP contribution in [0.5, 0.6) is 0 Å². The number of imidazole rings is 1. The highest BCUT2D eigenvalue weighted by atomic mass is 35.5. The van der Waals surface area contributed by atoms with Crippen molar-refractivity contribution in [2.24, 2.45) is 0 Å². The third-order valence-corrected chi connectivity index (χ3v) is 2.60. The third-order valence-electron chi connectivity index (χ3n) is 2.29. The lowest BCUT2D eigenvalue weighted by Gasteiger charge is -2.07. The standard InChI is InChI=1S/C10H8ClF3N2O/c1-4(17)9-15-7-2-5(10(12,13)14)6(11)3-8(7)16-9/h2-4,17H,1H3,(H,15,16). The second-order valence-electron chi connectivity index (χ2n) is 3.64.